The lowest BCUT2D eigenvalue weighted by Crippen LogP contribution is -2.54. The molecule has 0 aliphatic heterocycles. The third-order valence-electron chi connectivity index (χ3n) is 4.62. The summed E-state index contributed by atoms with van der Waals surface area (Å²) in [4.78, 5) is 24.9. The molecule has 3 atom stereocenters. The second kappa shape index (κ2) is 11.2. The van der Waals surface area contributed by atoms with Crippen molar-refractivity contribution in [3.05, 3.63) is 35.9 Å². The van der Waals surface area contributed by atoms with E-state index in [0.29, 0.717) is 0 Å². The van der Waals surface area contributed by atoms with E-state index in [9.17, 15) is 23.5 Å². The fourth-order valence-electron chi connectivity index (χ4n) is 3.03. The number of hydrogen-bond acceptors (Lipinski definition) is 4. The molecule has 0 aliphatic rings. The monoisotopic (exact) mass is 413 g/mol. The van der Waals surface area contributed by atoms with E-state index in [1.165, 1.54) is 0 Å². The van der Waals surface area contributed by atoms with E-state index in [1.807, 2.05) is 44.2 Å². The first-order valence-corrected chi connectivity index (χ1v) is 9.86. The molecule has 8 heteroatoms. The van der Waals surface area contributed by atoms with Crippen LogP contribution in [0.1, 0.15) is 39.7 Å². The van der Waals surface area contributed by atoms with E-state index >= 15 is 0 Å². The summed E-state index contributed by atoms with van der Waals surface area (Å²) in [5, 5.41) is 14.6. The molecule has 164 valence electrons. The van der Waals surface area contributed by atoms with Gasteiger partial charge in [0, 0.05) is 12.6 Å². The third-order valence-corrected chi connectivity index (χ3v) is 4.62. The first-order valence-electron chi connectivity index (χ1n) is 9.86. The molecule has 0 fully saturated rings. The van der Waals surface area contributed by atoms with Gasteiger partial charge in [-0.3, -0.25) is 9.59 Å². The Morgan fingerprint density at radius 3 is 2.14 bits per heavy atom. The molecule has 1 rings (SSSR count). The molecule has 0 spiro atoms. The molecule has 0 heterocycles. The largest absolute Gasteiger partial charge is 0.385 e. The van der Waals surface area contributed by atoms with Crippen LogP contribution in [0.15, 0.2) is 30.3 Å². The molecular formula is C21H33F2N3O3. The van der Waals surface area contributed by atoms with Crippen molar-refractivity contribution in [2.24, 2.45) is 23.5 Å². The van der Waals surface area contributed by atoms with Crippen molar-refractivity contribution in [1.82, 2.24) is 10.6 Å². The van der Waals surface area contributed by atoms with Crippen LogP contribution in [0.2, 0.25) is 0 Å². The van der Waals surface area contributed by atoms with Gasteiger partial charge in [-0.25, -0.2) is 8.78 Å². The smallest absolute Gasteiger partial charge is 0.291 e. The maximum absolute atomic E-state index is 14.3. The fourth-order valence-corrected chi connectivity index (χ4v) is 3.03. The summed E-state index contributed by atoms with van der Waals surface area (Å²) in [5.41, 5.74) is 6.51. The number of rotatable bonds is 11. The summed E-state index contributed by atoms with van der Waals surface area (Å²) in [5.74, 6) is -6.43. The number of halogens is 2. The molecule has 0 bridgehead atoms. The third kappa shape index (κ3) is 8.06. The molecule has 0 aliphatic carbocycles. The van der Waals surface area contributed by atoms with E-state index in [-0.39, 0.29) is 18.9 Å². The molecule has 1 aromatic carbocycles. The maximum atomic E-state index is 14.3. The normalized spacial score (nSPS) is 15.1. The Hall–Kier alpha value is -2.06. The van der Waals surface area contributed by atoms with Gasteiger partial charge >= 0.3 is 0 Å². The van der Waals surface area contributed by atoms with E-state index < -0.39 is 48.3 Å². The predicted octanol–water partition coefficient (Wildman–Crippen LogP) is 2.06. The zero-order chi connectivity index (χ0) is 22.2. The van der Waals surface area contributed by atoms with Gasteiger partial charge in [-0.1, -0.05) is 58.0 Å². The molecule has 6 nitrogen and oxygen atoms in total. The van der Waals surface area contributed by atoms with E-state index in [4.69, 9.17) is 5.73 Å². The average molecular weight is 414 g/mol. The second-order valence-electron chi connectivity index (χ2n) is 8.14. The Balaban J connectivity index is 2.68. The van der Waals surface area contributed by atoms with Crippen molar-refractivity contribution in [3.63, 3.8) is 0 Å². The van der Waals surface area contributed by atoms with Crippen molar-refractivity contribution in [2.45, 2.75) is 58.7 Å². The fraction of sp³-hybridized carbons (Fsp3) is 0.619. The molecule has 2 amide bonds. The average Bonchev–Trinajstić information content (AvgIpc) is 2.64. The lowest BCUT2D eigenvalue weighted by atomic mass is 9.93. The van der Waals surface area contributed by atoms with Crippen molar-refractivity contribution in [1.29, 1.82) is 0 Å². The van der Waals surface area contributed by atoms with Crippen LogP contribution in [-0.4, -0.2) is 41.5 Å². The Morgan fingerprint density at radius 2 is 1.62 bits per heavy atom. The molecular weight excluding hydrogens is 380 g/mol. The highest BCUT2D eigenvalue weighted by molar-refractivity contribution is 6.00. The van der Waals surface area contributed by atoms with E-state index in [1.54, 1.807) is 13.8 Å². The number of nitrogens with two attached hydrogens (primary N) is 1. The van der Waals surface area contributed by atoms with Crippen LogP contribution in [0.25, 0.3) is 0 Å². The first-order chi connectivity index (χ1) is 13.5. The summed E-state index contributed by atoms with van der Waals surface area (Å²) in [7, 11) is 0. The molecule has 3 unspecified atom stereocenters. The van der Waals surface area contributed by atoms with Crippen LogP contribution < -0.4 is 16.4 Å². The summed E-state index contributed by atoms with van der Waals surface area (Å²) in [6.45, 7) is 6.10. The van der Waals surface area contributed by atoms with Crippen LogP contribution >= 0.6 is 0 Å². The highest BCUT2D eigenvalue weighted by Gasteiger charge is 2.43. The van der Waals surface area contributed by atoms with E-state index in [0.717, 1.165) is 5.56 Å². The zero-order valence-electron chi connectivity index (χ0n) is 17.5. The van der Waals surface area contributed by atoms with Crippen molar-refractivity contribution >= 4 is 11.8 Å². The van der Waals surface area contributed by atoms with Gasteiger partial charge in [0.15, 0.2) is 0 Å². The number of carbonyl (C=O) groups excluding carboxylic acids is 2. The number of amides is 2. The minimum Gasteiger partial charge on any atom is -0.385 e. The Labute approximate surface area is 171 Å². The number of nitrogens with one attached hydrogen (secondary N) is 2. The Kier molecular flexibility index (Phi) is 9.65. The van der Waals surface area contributed by atoms with Crippen LogP contribution in [-0.2, 0) is 16.1 Å². The van der Waals surface area contributed by atoms with Gasteiger partial charge in [0.2, 0.25) is 11.8 Å². The van der Waals surface area contributed by atoms with Gasteiger partial charge in [0.05, 0.1) is 6.54 Å². The topological polar surface area (TPSA) is 104 Å². The number of alkyl halides is 2. The second-order valence-corrected chi connectivity index (χ2v) is 8.14. The zero-order valence-corrected chi connectivity index (χ0v) is 17.5. The van der Waals surface area contributed by atoms with Crippen LogP contribution in [0.5, 0.6) is 0 Å². The van der Waals surface area contributed by atoms with Crippen LogP contribution in [0, 0.1) is 17.8 Å². The maximum Gasteiger partial charge on any atom is 0.291 e. The number of hydrogen-bond donors (Lipinski definition) is 4. The summed E-state index contributed by atoms with van der Waals surface area (Å²) in [6.07, 6.45) is -1.86. The molecule has 0 saturated carbocycles. The Bertz CT molecular complexity index is 654. The summed E-state index contributed by atoms with van der Waals surface area (Å²) >= 11 is 0. The van der Waals surface area contributed by atoms with Gasteiger partial charge in [0.25, 0.3) is 5.92 Å². The number of benzene rings is 1. The van der Waals surface area contributed by atoms with Gasteiger partial charge in [-0.05, 0) is 23.8 Å². The lowest BCUT2D eigenvalue weighted by Gasteiger charge is -2.29. The first kappa shape index (κ1) is 25.0. The number of aliphatic hydroxyl groups excluding tert-OH is 1. The summed E-state index contributed by atoms with van der Waals surface area (Å²) < 4.78 is 28.5. The van der Waals surface area contributed by atoms with Crippen LogP contribution in [0.3, 0.4) is 0 Å². The highest BCUT2D eigenvalue weighted by Crippen LogP contribution is 2.23. The highest BCUT2D eigenvalue weighted by atomic mass is 19.3. The minimum atomic E-state index is -3.61. The summed E-state index contributed by atoms with van der Waals surface area (Å²) in [6, 6.07) is 8.03. The molecule has 0 saturated heterocycles. The molecule has 5 N–H and O–H groups in total. The van der Waals surface area contributed by atoms with Gasteiger partial charge in [0.1, 0.15) is 12.0 Å². The van der Waals surface area contributed by atoms with Gasteiger partial charge in [-0.15, -0.1) is 0 Å². The quantitative estimate of drug-likeness (QED) is 0.417. The molecule has 0 radical (unpaired) electrons. The lowest BCUT2D eigenvalue weighted by molar-refractivity contribution is -0.142. The predicted molar refractivity (Wildman–Crippen MR) is 108 cm³/mol. The van der Waals surface area contributed by atoms with Gasteiger partial charge in [-0.2, -0.15) is 0 Å². The Morgan fingerprint density at radius 1 is 1.07 bits per heavy atom. The minimum absolute atomic E-state index is 0.0451. The molecule has 29 heavy (non-hydrogen) atoms. The van der Waals surface area contributed by atoms with Crippen molar-refractivity contribution < 1.29 is 23.5 Å². The number of carbonyl (C=O) groups is 2. The standard InChI is InChI=1S/C21H33F2N3O3/c1-13(2)10-16(24)18(27)21(22,23)12-26-20(29)17(14(3)4)19(28)25-11-15-8-6-5-7-9-15/h5-9,13-14,16-18,27H,10-12,24H2,1-4H3,(H,25,28)(H,26,29). The van der Waals surface area contributed by atoms with Crippen molar-refractivity contribution in [3.8, 4) is 0 Å². The van der Waals surface area contributed by atoms with Crippen LogP contribution in [0.4, 0.5) is 8.78 Å². The van der Waals surface area contributed by atoms with Gasteiger partial charge < -0.3 is 21.5 Å². The van der Waals surface area contributed by atoms with Crippen molar-refractivity contribution in [2.75, 3.05) is 6.54 Å². The molecule has 1 aromatic rings. The van der Waals surface area contributed by atoms with E-state index in [2.05, 4.69) is 10.6 Å². The number of aliphatic hydroxyl groups is 1. The molecule has 0 aromatic heterocycles. The SMILES string of the molecule is CC(C)CC(N)C(O)C(F)(F)CNC(=O)C(C(=O)NCc1ccccc1)C(C)C.